The number of rotatable bonds is 8. The second kappa shape index (κ2) is 9.54. The summed E-state index contributed by atoms with van der Waals surface area (Å²) in [5.41, 5.74) is 9.73. The minimum Gasteiger partial charge on any atom is -0.385 e. The molecule has 0 aliphatic rings. The number of nitrogens with zero attached hydrogens (tertiary/aromatic N) is 1. The first-order valence-electron chi connectivity index (χ1n) is 9.54. The molecule has 3 aromatic rings. The van der Waals surface area contributed by atoms with Gasteiger partial charge in [-0.25, -0.2) is 4.98 Å². The first-order chi connectivity index (χ1) is 14.0. The van der Waals surface area contributed by atoms with E-state index in [4.69, 9.17) is 5.73 Å². The van der Waals surface area contributed by atoms with Gasteiger partial charge in [0.1, 0.15) is 0 Å². The van der Waals surface area contributed by atoms with E-state index >= 15 is 0 Å². The highest BCUT2D eigenvalue weighted by molar-refractivity contribution is 5.72. The van der Waals surface area contributed by atoms with E-state index < -0.39 is 0 Å². The number of anilines is 2. The fourth-order valence-electron chi connectivity index (χ4n) is 3.05. The van der Waals surface area contributed by atoms with E-state index in [0.717, 1.165) is 23.2 Å². The first kappa shape index (κ1) is 20.1. The van der Waals surface area contributed by atoms with Gasteiger partial charge in [-0.15, -0.1) is 0 Å². The maximum absolute atomic E-state index is 12.4. The Morgan fingerprint density at radius 2 is 1.83 bits per heavy atom. The molecule has 1 amide bonds. The number of benzene rings is 2. The highest BCUT2D eigenvalue weighted by Crippen LogP contribution is 2.20. The molecule has 3 rings (SSSR count). The Kier molecular flexibility index (Phi) is 6.63. The molecule has 0 spiro atoms. The van der Waals surface area contributed by atoms with Crippen LogP contribution in [-0.4, -0.2) is 22.4 Å². The molecular formula is C22H25N5O2. The minimum absolute atomic E-state index is 0.0470. The number of aromatic nitrogens is 2. The van der Waals surface area contributed by atoms with E-state index in [9.17, 15) is 9.59 Å². The van der Waals surface area contributed by atoms with Crippen molar-refractivity contribution < 1.29 is 4.79 Å². The number of H-pyrrole nitrogens is 1. The smallest absolute Gasteiger partial charge is 0.256 e. The number of nitrogens with one attached hydrogen (secondary N) is 3. The molecule has 0 atom stereocenters. The predicted octanol–water partition coefficient (Wildman–Crippen LogP) is 2.70. The molecule has 2 aromatic carbocycles. The third kappa shape index (κ3) is 5.68. The molecule has 1 aromatic heterocycles. The summed E-state index contributed by atoms with van der Waals surface area (Å²) in [6, 6.07) is 17.5. The Hall–Kier alpha value is -3.61. The van der Waals surface area contributed by atoms with Gasteiger partial charge >= 0.3 is 0 Å². The number of nitrogen functional groups attached to an aromatic ring is 1. The lowest BCUT2D eigenvalue weighted by molar-refractivity contribution is -0.119. The van der Waals surface area contributed by atoms with Crippen LogP contribution in [0.3, 0.4) is 0 Å². The molecule has 0 saturated heterocycles. The molecule has 29 heavy (non-hydrogen) atoms. The van der Waals surface area contributed by atoms with Crippen molar-refractivity contribution >= 4 is 17.5 Å². The van der Waals surface area contributed by atoms with E-state index in [0.29, 0.717) is 30.8 Å². The van der Waals surface area contributed by atoms with Crippen LogP contribution >= 0.6 is 0 Å². The lowest BCUT2D eigenvalue weighted by Gasteiger charge is -2.10. The van der Waals surface area contributed by atoms with Crippen LogP contribution < -0.4 is 21.9 Å². The fourth-order valence-corrected chi connectivity index (χ4v) is 3.05. The summed E-state index contributed by atoms with van der Waals surface area (Å²) >= 11 is 0. The Balaban J connectivity index is 1.60. The van der Waals surface area contributed by atoms with E-state index in [1.807, 2.05) is 54.6 Å². The largest absolute Gasteiger partial charge is 0.385 e. The van der Waals surface area contributed by atoms with Crippen LogP contribution in [0.25, 0.3) is 11.3 Å². The number of nitrogens with two attached hydrogens (primary N) is 1. The topological polar surface area (TPSA) is 113 Å². The Morgan fingerprint density at radius 3 is 2.52 bits per heavy atom. The van der Waals surface area contributed by atoms with Gasteiger partial charge in [0.05, 0.1) is 5.69 Å². The third-order valence-electron chi connectivity index (χ3n) is 4.51. The predicted molar refractivity (Wildman–Crippen MR) is 115 cm³/mol. The summed E-state index contributed by atoms with van der Waals surface area (Å²) in [5, 5.41) is 6.13. The fraction of sp³-hybridized carbons (Fsp3) is 0.227. The molecule has 0 radical (unpaired) electrons. The molecule has 7 heteroatoms. The summed E-state index contributed by atoms with van der Waals surface area (Å²) in [4.78, 5) is 30.3. The second-order valence-electron chi connectivity index (χ2n) is 6.78. The van der Waals surface area contributed by atoms with Crippen molar-refractivity contribution in [3.05, 3.63) is 76.1 Å². The number of carbonyl (C=O) groups is 1. The molecular weight excluding hydrogens is 366 g/mol. The normalized spacial score (nSPS) is 10.5. The lowest BCUT2D eigenvalue weighted by atomic mass is 10.0. The average Bonchev–Trinajstić information content (AvgIpc) is 2.72. The van der Waals surface area contributed by atoms with E-state index in [2.05, 4.69) is 20.6 Å². The number of carbonyl (C=O) groups excluding carboxylic acids is 1. The lowest BCUT2D eigenvalue weighted by Crippen LogP contribution is -2.19. The molecule has 7 nitrogen and oxygen atoms in total. The SMILES string of the molecule is CC(=O)NCc1ccc(NCCCc2c(-c3ccccc3)nc(N)[nH]c2=O)cc1. The van der Waals surface area contributed by atoms with Crippen LogP contribution in [0.1, 0.15) is 24.5 Å². The van der Waals surface area contributed by atoms with Crippen LogP contribution in [0.5, 0.6) is 0 Å². The molecule has 0 fully saturated rings. The molecule has 0 saturated carbocycles. The quantitative estimate of drug-likeness (QED) is 0.441. The summed E-state index contributed by atoms with van der Waals surface area (Å²) in [7, 11) is 0. The van der Waals surface area contributed by atoms with Gasteiger partial charge in [-0.05, 0) is 30.5 Å². The van der Waals surface area contributed by atoms with Crippen molar-refractivity contribution in [1.29, 1.82) is 0 Å². The number of hydrogen-bond acceptors (Lipinski definition) is 5. The van der Waals surface area contributed by atoms with Crippen LogP contribution in [-0.2, 0) is 17.8 Å². The van der Waals surface area contributed by atoms with Gasteiger partial charge in [0.2, 0.25) is 11.9 Å². The average molecular weight is 391 g/mol. The maximum Gasteiger partial charge on any atom is 0.256 e. The molecule has 0 unspecified atom stereocenters. The van der Waals surface area contributed by atoms with Crippen molar-refractivity contribution in [2.75, 3.05) is 17.6 Å². The highest BCUT2D eigenvalue weighted by Gasteiger charge is 2.12. The zero-order valence-corrected chi connectivity index (χ0v) is 16.4. The van der Waals surface area contributed by atoms with Crippen molar-refractivity contribution in [3.63, 3.8) is 0 Å². The minimum atomic E-state index is -0.196. The van der Waals surface area contributed by atoms with Crippen LogP contribution in [0.4, 0.5) is 11.6 Å². The van der Waals surface area contributed by atoms with Gasteiger partial charge in [-0.1, -0.05) is 42.5 Å². The van der Waals surface area contributed by atoms with E-state index in [-0.39, 0.29) is 17.4 Å². The van der Waals surface area contributed by atoms with Crippen LogP contribution in [0.2, 0.25) is 0 Å². The van der Waals surface area contributed by atoms with Gasteiger partial charge < -0.3 is 16.4 Å². The van der Waals surface area contributed by atoms with Crippen LogP contribution in [0.15, 0.2) is 59.4 Å². The van der Waals surface area contributed by atoms with Crippen molar-refractivity contribution in [2.24, 2.45) is 0 Å². The molecule has 150 valence electrons. The standard InChI is InChI=1S/C22H25N5O2/c1-15(28)25-14-16-9-11-18(12-10-16)24-13-5-8-19-20(17-6-3-2-4-7-17)26-22(23)27-21(19)29/h2-4,6-7,9-12,24H,5,8,13-14H2,1H3,(H,25,28)(H3,23,26,27,29). The molecule has 0 aliphatic heterocycles. The zero-order chi connectivity index (χ0) is 20.6. The van der Waals surface area contributed by atoms with Crippen molar-refractivity contribution in [3.8, 4) is 11.3 Å². The second-order valence-corrected chi connectivity index (χ2v) is 6.78. The summed E-state index contributed by atoms with van der Waals surface area (Å²) in [6.45, 7) is 2.73. The Morgan fingerprint density at radius 1 is 1.10 bits per heavy atom. The van der Waals surface area contributed by atoms with Gasteiger partial charge in [0.25, 0.3) is 5.56 Å². The highest BCUT2D eigenvalue weighted by atomic mass is 16.1. The molecule has 0 bridgehead atoms. The molecule has 1 heterocycles. The molecule has 5 N–H and O–H groups in total. The van der Waals surface area contributed by atoms with Crippen molar-refractivity contribution in [2.45, 2.75) is 26.3 Å². The third-order valence-corrected chi connectivity index (χ3v) is 4.51. The Bertz CT molecular complexity index is 1010. The summed E-state index contributed by atoms with van der Waals surface area (Å²) < 4.78 is 0. The van der Waals surface area contributed by atoms with E-state index in [1.165, 1.54) is 6.92 Å². The number of aromatic amines is 1. The van der Waals surface area contributed by atoms with Gasteiger partial charge in [-0.2, -0.15) is 0 Å². The summed E-state index contributed by atoms with van der Waals surface area (Å²) in [6.07, 6.45) is 1.35. The molecule has 0 aliphatic carbocycles. The Labute approximate surface area is 169 Å². The van der Waals surface area contributed by atoms with Gasteiger partial charge in [-0.3, -0.25) is 14.6 Å². The van der Waals surface area contributed by atoms with Gasteiger partial charge in [0.15, 0.2) is 0 Å². The van der Waals surface area contributed by atoms with Crippen molar-refractivity contribution in [1.82, 2.24) is 15.3 Å². The number of amides is 1. The summed E-state index contributed by atoms with van der Waals surface area (Å²) in [5.74, 6) is 0.0734. The first-order valence-corrected chi connectivity index (χ1v) is 9.54. The number of hydrogen-bond donors (Lipinski definition) is 4. The monoisotopic (exact) mass is 391 g/mol. The maximum atomic E-state index is 12.4. The van der Waals surface area contributed by atoms with Gasteiger partial charge in [0, 0.05) is 36.8 Å². The van der Waals surface area contributed by atoms with E-state index in [1.54, 1.807) is 0 Å². The van der Waals surface area contributed by atoms with Crippen LogP contribution in [0, 0.1) is 0 Å². The zero-order valence-electron chi connectivity index (χ0n) is 16.4.